The first-order chi connectivity index (χ1) is 7.52. The zero-order chi connectivity index (χ0) is 11.9. The molecule has 1 heterocycles. The zero-order valence-electron chi connectivity index (χ0n) is 9.58. The summed E-state index contributed by atoms with van der Waals surface area (Å²) in [6, 6.07) is 1.91. The third kappa shape index (κ3) is 1.80. The van der Waals surface area contributed by atoms with E-state index in [0.29, 0.717) is 0 Å². The number of ether oxygens (including phenoxy) is 2. The topological polar surface area (TPSA) is 38.7 Å². The quantitative estimate of drug-likeness (QED) is 0.906. The largest absolute Gasteiger partial charge is 0.453 e. The molecule has 1 aromatic rings. The van der Waals surface area contributed by atoms with E-state index < -0.39 is 6.10 Å². The van der Waals surface area contributed by atoms with Crippen molar-refractivity contribution in [1.82, 2.24) is 0 Å². The van der Waals surface area contributed by atoms with E-state index in [1.807, 2.05) is 6.07 Å². The lowest BCUT2D eigenvalue weighted by Crippen LogP contribution is -2.02. The summed E-state index contributed by atoms with van der Waals surface area (Å²) in [4.78, 5) is 0. The van der Waals surface area contributed by atoms with Gasteiger partial charge in [-0.3, -0.25) is 0 Å². The van der Waals surface area contributed by atoms with Crippen molar-refractivity contribution in [2.24, 2.45) is 0 Å². The van der Waals surface area contributed by atoms with Crippen LogP contribution in [0.2, 0.25) is 0 Å². The van der Waals surface area contributed by atoms with Crippen LogP contribution in [0.5, 0.6) is 11.5 Å². The van der Waals surface area contributed by atoms with Crippen LogP contribution in [0.25, 0.3) is 0 Å². The predicted octanol–water partition coefficient (Wildman–Crippen LogP) is 3.35. The van der Waals surface area contributed by atoms with E-state index in [9.17, 15) is 5.11 Å². The number of benzene rings is 1. The Labute approximate surface area is 104 Å². The molecule has 1 aliphatic heterocycles. The van der Waals surface area contributed by atoms with Gasteiger partial charge in [0, 0.05) is 5.56 Å². The molecule has 2 rings (SSSR count). The lowest BCUT2D eigenvalue weighted by molar-refractivity contribution is 0.171. The van der Waals surface area contributed by atoms with Crippen LogP contribution in [0.1, 0.15) is 43.9 Å². The third-order valence-electron chi connectivity index (χ3n) is 2.69. The molecule has 3 nitrogen and oxygen atoms in total. The van der Waals surface area contributed by atoms with Crippen molar-refractivity contribution < 1.29 is 14.6 Å². The Morgan fingerprint density at radius 2 is 1.88 bits per heavy atom. The summed E-state index contributed by atoms with van der Waals surface area (Å²) in [5.74, 6) is 1.79. The van der Waals surface area contributed by atoms with E-state index in [1.165, 1.54) is 0 Å². The Hall–Kier alpha value is -0.740. The molecule has 0 radical (unpaired) electrons. The Balaban J connectivity index is 2.67. The first kappa shape index (κ1) is 11.7. The zero-order valence-corrected chi connectivity index (χ0v) is 11.2. The van der Waals surface area contributed by atoms with E-state index in [-0.39, 0.29) is 12.7 Å². The van der Waals surface area contributed by atoms with Gasteiger partial charge >= 0.3 is 0 Å². The molecule has 0 bridgehead atoms. The molecule has 0 aromatic heterocycles. The third-order valence-corrected chi connectivity index (χ3v) is 3.28. The number of aliphatic hydroxyl groups excluding tert-OH is 1. The average molecular weight is 287 g/mol. The number of hydrogen-bond donors (Lipinski definition) is 1. The molecule has 1 N–H and O–H groups in total. The smallest absolute Gasteiger partial charge is 0.231 e. The summed E-state index contributed by atoms with van der Waals surface area (Å²) >= 11 is 3.43. The van der Waals surface area contributed by atoms with Crippen LogP contribution < -0.4 is 9.47 Å². The SMILES string of the molecule is CC(C)c1c(C(C)O)cc(Br)c2c1OCO2. The molecule has 1 unspecified atom stereocenters. The molecule has 4 heteroatoms. The molecule has 1 aromatic carbocycles. The van der Waals surface area contributed by atoms with Gasteiger partial charge in [0.25, 0.3) is 0 Å². The predicted molar refractivity (Wildman–Crippen MR) is 65.0 cm³/mol. The van der Waals surface area contributed by atoms with Crippen LogP contribution >= 0.6 is 15.9 Å². The number of aliphatic hydroxyl groups is 1. The van der Waals surface area contributed by atoms with E-state index in [4.69, 9.17) is 9.47 Å². The molecule has 1 atom stereocenters. The number of hydrogen-bond acceptors (Lipinski definition) is 3. The van der Waals surface area contributed by atoms with Crippen molar-refractivity contribution in [1.29, 1.82) is 0 Å². The van der Waals surface area contributed by atoms with Gasteiger partial charge in [-0.05, 0) is 40.4 Å². The standard InChI is InChI=1S/C12H15BrO3/c1-6(2)10-8(7(3)14)4-9(13)11-12(10)16-5-15-11/h4,6-7,14H,5H2,1-3H3. The van der Waals surface area contributed by atoms with Crippen LogP contribution in [0.4, 0.5) is 0 Å². The number of fused-ring (bicyclic) bond motifs is 1. The minimum atomic E-state index is -0.511. The number of halogens is 1. The van der Waals surface area contributed by atoms with Crippen molar-refractivity contribution >= 4 is 15.9 Å². The van der Waals surface area contributed by atoms with Gasteiger partial charge in [-0.1, -0.05) is 13.8 Å². The monoisotopic (exact) mass is 286 g/mol. The van der Waals surface area contributed by atoms with Gasteiger partial charge in [-0.2, -0.15) is 0 Å². The van der Waals surface area contributed by atoms with E-state index >= 15 is 0 Å². The summed E-state index contributed by atoms with van der Waals surface area (Å²) in [6.07, 6.45) is -0.511. The van der Waals surface area contributed by atoms with Crippen LogP contribution in [-0.2, 0) is 0 Å². The van der Waals surface area contributed by atoms with Crippen molar-refractivity contribution in [3.05, 3.63) is 21.7 Å². The van der Waals surface area contributed by atoms with E-state index in [0.717, 1.165) is 27.1 Å². The van der Waals surface area contributed by atoms with Crippen molar-refractivity contribution in [2.75, 3.05) is 6.79 Å². The molecule has 0 fully saturated rings. The van der Waals surface area contributed by atoms with Crippen molar-refractivity contribution in [3.63, 3.8) is 0 Å². The molecule has 0 aliphatic carbocycles. The van der Waals surface area contributed by atoms with E-state index in [2.05, 4.69) is 29.8 Å². The number of rotatable bonds is 2. The highest BCUT2D eigenvalue weighted by molar-refractivity contribution is 9.10. The second-order valence-electron chi connectivity index (χ2n) is 4.26. The Morgan fingerprint density at radius 1 is 1.25 bits per heavy atom. The molecule has 1 aliphatic rings. The average Bonchev–Trinajstić information content (AvgIpc) is 2.65. The summed E-state index contributed by atoms with van der Waals surface area (Å²) in [5.41, 5.74) is 1.93. The first-order valence-corrected chi connectivity index (χ1v) is 6.11. The van der Waals surface area contributed by atoms with Crippen LogP contribution in [0.3, 0.4) is 0 Å². The molecular weight excluding hydrogens is 272 g/mol. The molecule has 88 valence electrons. The normalized spacial score (nSPS) is 15.6. The summed E-state index contributed by atoms with van der Waals surface area (Å²) < 4.78 is 11.7. The second kappa shape index (κ2) is 4.26. The molecule has 0 saturated heterocycles. The van der Waals surface area contributed by atoms with Crippen LogP contribution in [-0.4, -0.2) is 11.9 Å². The van der Waals surface area contributed by atoms with Gasteiger partial charge in [0.1, 0.15) is 0 Å². The fraction of sp³-hybridized carbons (Fsp3) is 0.500. The highest BCUT2D eigenvalue weighted by Gasteiger charge is 2.27. The van der Waals surface area contributed by atoms with Gasteiger partial charge in [0.15, 0.2) is 11.5 Å². The molecule has 0 spiro atoms. The van der Waals surface area contributed by atoms with E-state index in [1.54, 1.807) is 6.92 Å². The van der Waals surface area contributed by atoms with Crippen LogP contribution in [0.15, 0.2) is 10.5 Å². The molecule has 16 heavy (non-hydrogen) atoms. The maximum atomic E-state index is 9.79. The molecule has 0 amide bonds. The maximum absolute atomic E-state index is 9.79. The van der Waals surface area contributed by atoms with Gasteiger partial charge in [-0.25, -0.2) is 0 Å². The second-order valence-corrected chi connectivity index (χ2v) is 5.11. The minimum Gasteiger partial charge on any atom is -0.453 e. The minimum absolute atomic E-state index is 0.247. The van der Waals surface area contributed by atoms with Gasteiger partial charge in [0.2, 0.25) is 6.79 Å². The highest BCUT2D eigenvalue weighted by Crippen LogP contribution is 2.47. The Kier molecular flexibility index (Phi) is 3.13. The summed E-state index contributed by atoms with van der Waals surface area (Å²) in [6.45, 7) is 6.17. The molecule has 0 saturated carbocycles. The lowest BCUT2D eigenvalue weighted by Gasteiger charge is -2.18. The van der Waals surface area contributed by atoms with Crippen molar-refractivity contribution in [3.8, 4) is 11.5 Å². The summed E-state index contributed by atoms with van der Waals surface area (Å²) in [5, 5.41) is 9.79. The van der Waals surface area contributed by atoms with Gasteiger partial charge < -0.3 is 14.6 Å². The maximum Gasteiger partial charge on any atom is 0.231 e. The highest BCUT2D eigenvalue weighted by atomic mass is 79.9. The first-order valence-electron chi connectivity index (χ1n) is 5.32. The summed E-state index contributed by atoms with van der Waals surface area (Å²) in [7, 11) is 0. The van der Waals surface area contributed by atoms with Crippen LogP contribution in [0, 0.1) is 0 Å². The fourth-order valence-electron chi connectivity index (χ4n) is 2.01. The van der Waals surface area contributed by atoms with Gasteiger partial charge in [-0.15, -0.1) is 0 Å². The fourth-order valence-corrected chi connectivity index (χ4v) is 2.55. The van der Waals surface area contributed by atoms with Crippen molar-refractivity contribution in [2.45, 2.75) is 32.8 Å². The Morgan fingerprint density at radius 3 is 2.44 bits per heavy atom. The lowest BCUT2D eigenvalue weighted by atomic mass is 9.93. The van der Waals surface area contributed by atoms with Gasteiger partial charge in [0.05, 0.1) is 10.6 Å². The molecular formula is C12H15BrO3. The Bertz CT molecular complexity index is 413.